The molecule has 31 heavy (non-hydrogen) atoms. The quantitative estimate of drug-likeness (QED) is 0.242. The van der Waals surface area contributed by atoms with Crippen LogP contribution in [-0.4, -0.2) is 28.5 Å². The number of fused-ring (bicyclic) bond motifs is 2. The fraction of sp³-hybridized carbons (Fsp3) is 0.150. The standard InChI is InChI=1S/C20H14ClN3O5S2/c1-10-13(21)4-6-15-18(10)23(9-17(25)29-2)20(31-15)22-19(26)16-8-11-7-12(24(27)28)3-5-14(11)30-16/h3-8H,9H2,1-2H3. The molecule has 4 aromatic rings. The van der Waals surface area contributed by atoms with E-state index in [1.807, 2.05) is 13.0 Å². The predicted octanol–water partition coefficient (Wildman–Crippen LogP) is 4.70. The first kappa shape index (κ1) is 21.2. The van der Waals surface area contributed by atoms with Crippen LogP contribution in [0.25, 0.3) is 20.3 Å². The number of thiophene rings is 1. The second-order valence-corrected chi connectivity index (χ2v) is 9.07. The number of non-ortho nitro benzene ring substituents is 1. The highest BCUT2D eigenvalue weighted by molar-refractivity contribution is 7.21. The van der Waals surface area contributed by atoms with Crippen molar-refractivity contribution in [2.75, 3.05) is 7.11 Å². The largest absolute Gasteiger partial charge is 0.468 e. The Labute approximate surface area is 188 Å². The van der Waals surface area contributed by atoms with E-state index in [-0.39, 0.29) is 12.2 Å². The molecule has 0 bridgehead atoms. The van der Waals surface area contributed by atoms with Crippen molar-refractivity contribution in [1.82, 2.24) is 4.57 Å². The van der Waals surface area contributed by atoms with Gasteiger partial charge in [0.1, 0.15) is 6.54 Å². The highest BCUT2D eigenvalue weighted by Crippen LogP contribution is 2.30. The molecule has 2 heterocycles. The molecule has 0 aliphatic heterocycles. The summed E-state index contributed by atoms with van der Waals surface area (Å²) in [6.07, 6.45) is 0. The van der Waals surface area contributed by atoms with Crippen molar-refractivity contribution in [3.8, 4) is 0 Å². The number of aromatic nitrogens is 1. The zero-order chi connectivity index (χ0) is 22.3. The molecule has 158 valence electrons. The van der Waals surface area contributed by atoms with Crippen LogP contribution in [0.15, 0.2) is 41.4 Å². The summed E-state index contributed by atoms with van der Waals surface area (Å²) in [5, 5.41) is 12.1. The topological polar surface area (TPSA) is 104 Å². The van der Waals surface area contributed by atoms with E-state index in [1.54, 1.807) is 22.8 Å². The molecule has 2 aromatic carbocycles. The van der Waals surface area contributed by atoms with E-state index in [2.05, 4.69) is 4.99 Å². The van der Waals surface area contributed by atoms with E-state index in [4.69, 9.17) is 16.3 Å². The Kier molecular flexibility index (Phi) is 5.61. The maximum atomic E-state index is 12.9. The zero-order valence-electron chi connectivity index (χ0n) is 16.2. The molecular formula is C20H14ClN3O5S2. The number of esters is 1. The van der Waals surface area contributed by atoms with Crippen LogP contribution in [0.2, 0.25) is 5.02 Å². The van der Waals surface area contributed by atoms with Crippen molar-refractivity contribution in [1.29, 1.82) is 0 Å². The van der Waals surface area contributed by atoms with E-state index >= 15 is 0 Å². The van der Waals surface area contributed by atoms with Gasteiger partial charge in [-0.05, 0) is 36.8 Å². The number of nitrogens with zero attached hydrogens (tertiary/aromatic N) is 3. The first-order valence-corrected chi connectivity index (χ1v) is 10.9. The summed E-state index contributed by atoms with van der Waals surface area (Å²) >= 11 is 8.71. The summed E-state index contributed by atoms with van der Waals surface area (Å²) in [6, 6.07) is 9.57. The number of nitro benzene ring substituents is 1. The summed E-state index contributed by atoms with van der Waals surface area (Å²) in [4.78, 5) is 40.3. The molecule has 1 amide bonds. The predicted molar refractivity (Wildman–Crippen MR) is 120 cm³/mol. The number of halogens is 1. The Morgan fingerprint density at radius 1 is 1.19 bits per heavy atom. The number of hydrogen-bond donors (Lipinski definition) is 0. The molecule has 0 aliphatic carbocycles. The first-order valence-electron chi connectivity index (χ1n) is 8.91. The summed E-state index contributed by atoms with van der Waals surface area (Å²) in [6.45, 7) is 1.71. The van der Waals surface area contributed by atoms with Crippen LogP contribution in [0.5, 0.6) is 0 Å². The molecule has 4 rings (SSSR count). The van der Waals surface area contributed by atoms with Crippen LogP contribution in [0.4, 0.5) is 5.69 Å². The smallest absolute Gasteiger partial charge is 0.325 e. The first-order chi connectivity index (χ1) is 14.8. The van der Waals surface area contributed by atoms with Gasteiger partial charge in [0, 0.05) is 27.2 Å². The fourth-order valence-electron chi connectivity index (χ4n) is 3.13. The molecule has 0 saturated carbocycles. The van der Waals surface area contributed by atoms with Crippen LogP contribution in [-0.2, 0) is 16.1 Å². The van der Waals surface area contributed by atoms with Gasteiger partial charge in [0.2, 0.25) is 0 Å². The summed E-state index contributed by atoms with van der Waals surface area (Å²) in [5.74, 6) is -0.986. The van der Waals surface area contributed by atoms with Crippen molar-refractivity contribution in [2.24, 2.45) is 4.99 Å². The van der Waals surface area contributed by atoms with Crippen molar-refractivity contribution >= 4 is 72.1 Å². The van der Waals surface area contributed by atoms with Gasteiger partial charge in [-0.2, -0.15) is 4.99 Å². The van der Waals surface area contributed by atoms with E-state index in [0.717, 1.165) is 15.0 Å². The average Bonchev–Trinajstić information content (AvgIpc) is 3.32. The van der Waals surface area contributed by atoms with Crippen molar-refractivity contribution in [2.45, 2.75) is 13.5 Å². The average molecular weight is 476 g/mol. The second-order valence-electron chi connectivity index (χ2n) is 6.57. The third-order valence-electron chi connectivity index (χ3n) is 4.66. The molecule has 0 N–H and O–H groups in total. The summed E-state index contributed by atoms with van der Waals surface area (Å²) in [5.41, 5.74) is 1.43. The lowest BCUT2D eigenvalue weighted by molar-refractivity contribution is -0.384. The van der Waals surface area contributed by atoms with Crippen LogP contribution < -0.4 is 4.80 Å². The van der Waals surface area contributed by atoms with Crippen LogP contribution in [0, 0.1) is 17.0 Å². The van der Waals surface area contributed by atoms with Crippen molar-refractivity contribution in [3.05, 3.63) is 66.8 Å². The van der Waals surface area contributed by atoms with Gasteiger partial charge in [-0.15, -0.1) is 11.3 Å². The van der Waals surface area contributed by atoms with Gasteiger partial charge in [0.25, 0.3) is 11.6 Å². The minimum absolute atomic E-state index is 0.0472. The summed E-state index contributed by atoms with van der Waals surface area (Å²) in [7, 11) is 1.29. The minimum atomic E-state index is -0.502. The Morgan fingerprint density at radius 2 is 1.94 bits per heavy atom. The number of rotatable bonds is 4. The van der Waals surface area contributed by atoms with Gasteiger partial charge >= 0.3 is 5.97 Å². The highest BCUT2D eigenvalue weighted by atomic mass is 35.5. The van der Waals surface area contributed by atoms with Crippen LogP contribution >= 0.6 is 34.3 Å². The Hall–Kier alpha value is -3.08. The van der Waals surface area contributed by atoms with E-state index in [9.17, 15) is 19.7 Å². The Morgan fingerprint density at radius 3 is 2.65 bits per heavy atom. The molecule has 0 fully saturated rings. The van der Waals surface area contributed by atoms with E-state index < -0.39 is 16.8 Å². The number of methoxy groups -OCH3 is 1. The second kappa shape index (κ2) is 8.22. The van der Waals surface area contributed by atoms with Gasteiger partial charge in [-0.25, -0.2) is 0 Å². The van der Waals surface area contributed by atoms with Crippen molar-refractivity contribution in [3.63, 3.8) is 0 Å². The number of thiazole rings is 1. The molecule has 2 aromatic heterocycles. The fourth-order valence-corrected chi connectivity index (χ4v) is 5.30. The molecule has 0 atom stereocenters. The maximum Gasteiger partial charge on any atom is 0.325 e. The van der Waals surface area contributed by atoms with Crippen LogP contribution in [0.1, 0.15) is 15.2 Å². The number of carbonyl (C=O) groups excluding carboxylic acids is 2. The number of amides is 1. The third-order valence-corrected chi connectivity index (χ3v) is 7.22. The highest BCUT2D eigenvalue weighted by Gasteiger charge is 2.17. The number of nitro groups is 1. The summed E-state index contributed by atoms with van der Waals surface area (Å²) < 4.78 is 7.97. The molecular weight excluding hydrogens is 462 g/mol. The monoisotopic (exact) mass is 475 g/mol. The van der Waals surface area contributed by atoms with E-state index in [1.165, 1.54) is 41.9 Å². The maximum absolute atomic E-state index is 12.9. The number of benzene rings is 2. The Balaban J connectivity index is 1.84. The molecule has 0 spiro atoms. The molecule has 11 heteroatoms. The molecule has 8 nitrogen and oxygen atoms in total. The SMILES string of the molecule is COC(=O)Cn1c(=NC(=O)c2cc3cc([N+](=O)[O-])ccc3s2)sc2ccc(Cl)c(C)c21. The normalized spacial score (nSPS) is 11.9. The van der Waals surface area contributed by atoms with Gasteiger partial charge in [-0.1, -0.05) is 22.9 Å². The molecule has 0 aliphatic rings. The lowest BCUT2D eigenvalue weighted by atomic mass is 10.2. The van der Waals surface area contributed by atoms with Gasteiger partial charge in [0.15, 0.2) is 4.80 Å². The molecule has 0 radical (unpaired) electrons. The third kappa shape index (κ3) is 3.97. The lowest BCUT2D eigenvalue weighted by Crippen LogP contribution is -2.22. The number of aryl methyl sites for hydroxylation is 1. The molecule has 0 saturated heterocycles. The van der Waals surface area contributed by atoms with Crippen LogP contribution in [0.3, 0.4) is 0 Å². The zero-order valence-corrected chi connectivity index (χ0v) is 18.6. The van der Waals surface area contributed by atoms with Crippen molar-refractivity contribution < 1.29 is 19.2 Å². The van der Waals surface area contributed by atoms with Gasteiger partial charge in [0.05, 0.1) is 27.1 Å². The number of ether oxygens (including phenoxy) is 1. The Bertz CT molecular complexity index is 1450. The molecule has 0 unspecified atom stereocenters. The van der Waals surface area contributed by atoms with Gasteiger partial charge < -0.3 is 9.30 Å². The van der Waals surface area contributed by atoms with Gasteiger partial charge in [-0.3, -0.25) is 19.7 Å². The number of hydrogen-bond acceptors (Lipinski definition) is 7. The number of carbonyl (C=O) groups is 2. The van der Waals surface area contributed by atoms with E-state index in [0.29, 0.717) is 25.6 Å². The minimum Gasteiger partial charge on any atom is -0.468 e. The lowest BCUT2D eigenvalue weighted by Gasteiger charge is -2.06.